The van der Waals surface area contributed by atoms with Crippen molar-refractivity contribution in [2.24, 2.45) is 0 Å². The number of nitrogens with zero attached hydrogens (tertiary/aromatic N) is 1. The summed E-state index contributed by atoms with van der Waals surface area (Å²) >= 11 is 3.58. The Hall–Kier alpha value is -0.780. The molecule has 1 aromatic carbocycles. The van der Waals surface area contributed by atoms with E-state index in [2.05, 4.69) is 33.2 Å². The van der Waals surface area contributed by atoms with Crippen LogP contribution in [-0.4, -0.2) is 45.3 Å². The lowest BCUT2D eigenvalue weighted by atomic mass is 10.2. The van der Waals surface area contributed by atoms with Crippen LogP contribution in [0.25, 0.3) is 0 Å². The zero-order valence-corrected chi connectivity index (χ0v) is 14.0. The number of ether oxygens (including phenoxy) is 2. The van der Waals surface area contributed by atoms with E-state index in [1.54, 1.807) is 14.2 Å². The number of benzene rings is 1. The first kappa shape index (κ1) is 15.6. The number of likely N-dealkylation sites (N-methyl/N-ethyl adjacent to an activating group) is 1. The fourth-order valence-corrected chi connectivity index (χ4v) is 2.67. The second kappa shape index (κ2) is 7.29. The van der Waals surface area contributed by atoms with Gasteiger partial charge in [-0.1, -0.05) is 15.9 Å². The van der Waals surface area contributed by atoms with Crippen LogP contribution >= 0.6 is 15.9 Å². The number of hydrogen-bond acceptors (Lipinski definition) is 4. The molecule has 0 aromatic heterocycles. The highest BCUT2D eigenvalue weighted by Crippen LogP contribution is 2.33. The Morgan fingerprint density at radius 1 is 1.25 bits per heavy atom. The minimum absolute atomic E-state index is 0.747. The van der Waals surface area contributed by atoms with Crippen molar-refractivity contribution in [3.63, 3.8) is 0 Å². The number of halogens is 1. The summed E-state index contributed by atoms with van der Waals surface area (Å²) in [5.41, 5.74) is 1.18. The highest BCUT2D eigenvalue weighted by Gasteiger charge is 2.25. The average molecular weight is 343 g/mol. The van der Waals surface area contributed by atoms with E-state index in [9.17, 15) is 0 Å². The predicted octanol–water partition coefficient (Wildman–Crippen LogP) is 2.65. The van der Waals surface area contributed by atoms with E-state index < -0.39 is 0 Å². The molecule has 112 valence electrons. The monoisotopic (exact) mass is 342 g/mol. The van der Waals surface area contributed by atoms with Gasteiger partial charge in [-0.2, -0.15) is 0 Å². The first-order valence-electron chi connectivity index (χ1n) is 6.97. The molecule has 1 fully saturated rings. The predicted molar refractivity (Wildman–Crippen MR) is 84.6 cm³/mol. The normalized spacial score (nSPS) is 14.7. The van der Waals surface area contributed by atoms with Crippen LogP contribution in [-0.2, 0) is 6.54 Å². The van der Waals surface area contributed by atoms with Gasteiger partial charge in [0.05, 0.1) is 14.2 Å². The minimum atomic E-state index is 0.747. The van der Waals surface area contributed by atoms with Gasteiger partial charge in [0, 0.05) is 30.1 Å². The highest BCUT2D eigenvalue weighted by atomic mass is 79.9. The quantitative estimate of drug-likeness (QED) is 0.736. The molecule has 0 amide bonds. The van der Waals surface area contributed by atoms with Gasteiger partial charge in [0.25, 0.3) is 0 Å². The van der Waals surface area contributed by atoms with E-state index in [-0.39, 0.29) is 0 Å². The summed E-state index contributed by atoms with van der Waals surface area (Å²) in [7, 11) is 5.51. The maximum atomic E-state index is 5.33. The lowest BCUT2D eigenvalue weighted by Crippen LogP contribution is -2.30. The van der Waals surface area contributed by atoms with Crippen LogP contribution in [0.1, 0.15) is 18.4 Å². The van der Waals surface area contributed by atoms with Gasteiger partial charge in [0.1, 0.15) is 0 Å². The molecule has 4 nitrogen and oxygen atoms in total. The second-order valence-corrected chi connectivity index (χ2v) is 6.04. The van der Waals surface area contributed by atoms with Crippen molar-refractivity contribution in [1.82, 2.24) is 10.2 Å². The maximum absolute atomic E-state index is 5.33. The first-order valence-corrected chi connectivity index (χ1v) is 7.76. The number of methoxy groups -OCH3 is 2. The SMILES string of the molecule is COc1cc(Br)c(CNCCN(C)C2CC2)cc1OC. The van der Waals surface area contributed by atoms with E-state index in [4.69, 9.17) is 9.47 Å². The third-order valence-electron chi connectivity index (χ3n) is 3.68. The van der Waals surface area contributed by atoms with Gasteiger partial charge < -0.3 is 19.7 Å². The zero-order valence-electron chi connectivity index (χ0n) is 12.4. The van der Waals surface area contributed by atoms with Crippen molar-refractivity contribution in [3.05, 3.63) is 22.2 Å². The molecule has 20 heavy (non-hydrogen) atoms. The van der Waals surface area contributed by atoms with E-state index in [0.29, 0.717) is 0 Å². The van der Waals surface area contributed by atoms with Crippen molar-refractivity contribution in [2.45, 2.75) is 25.4 Å². The standard InChI is InChI=1S/C15H23BrN2O2/c1-18(12-4-5-12)7-6-17-10-11-8-14(19-2)15(20-3)9-13(11)16/h8-9,12,17H,4-7,10H2,1-3H3. The molecule has 1 N–H and O–H groups in total. The summed E-state index contributed by atoms with van der Waals surface area (Å²) in [5.74, 6) is 1.51. The van der Waals surface area contributed by atoms with Crippen molar-refractivity contribution < 1.29 is 9.47 Å². The van der Waals surface area contributed by atoms with Crippen LogP contribution in [0, 0.1) is 0 Å². The molecular formula is C15H23BrN2O2. The summed E-state index contributed by atoms with van der Waals surface area (Å²) in [6.45, 7) is 2.91. The van der Waals surface area contributed by atoms with Gasteiger partial charge in [-0.3, -0.25) is 0 Å². The Morgan fingerprint density at radius 2 is 1.90 bits per heavy atom. The van der Waals surface area contributed by atoms with E-state index >= 15 is 0 Å². The number of rotatable bonds is 8. The van der Waals surface area contributed by atoms with Gasteiger partial charge in [0.15, 0.2) is 11.5 Å². The van der Waals surface area contributed by atoms with Crippen LogP contribution in [0.5, 0.6) is 11.5 Å². The summed E-state index contributed by atoms with van der Waals surface area (Å²) < 4.78 is 11.7. The van der Waals surface area contributed by atoms with Crippen LogP contribution in [0.3, 0.4) is 0 Å². The zero-order chi connectivity index (χ0) is 14.5. The topological polar surface area (TPSA) is 33.7 Å². The highest BCUT2D eigenvalue weighted by molar-refractivity contribution is 9.10. The van der Waals surface area contributed by atoms with Gasteiger partial charge in [-0.15, -0.1) is 0 Å². The molecule has 0 atom stereocenters. The Balaban J connectivity index is 1.85. The van der Waals surface area contributed by atoms with Crippen LogP contribution in [0.15, 0.2) is 16.6 Å². The number of nitrogens with one attached hydrogen (secondary N) is 1. The lowest BCUT2D eigenvalue weighted by molar-refractivity contribution is 0.321. The lowest BCUT2D eigenvalue weighted by Gasteiger charge is -2.16. The average Bonchev–Trinajstić information content (AvgIpc) is 3.28. The van der Waals surface area contributed by atoms with Gasteiger partial charge in [-0.25, -0.2) is 0 Å². The Bertz CT molecular complexity index is 450. The van der Waals surface area contributed by atoms with Crippen molar-refractivity contribution in [3.8, 4) is 11.5 Å². The molecule has 0 aliphatic heterocycles. The van der Waals surface area contributed by atoms with Crippen LogP contribution < -0.4 is 14.8 Å². The van der Waals surface area contributed by atoms with E-state index in [1.807, 2.05) is 12.1 Å². The molecule has 1 aliphatic rings. The number of hydrogen-bond donors (Lipinski definition) is 1. The molecule has 0 radical (unpaired) electrons. The molecule has 2 rings (SSSR count). The van der Waals surface area contributed by atoms with E-state index in [1.165, 1.54) is 18.4 Å². The summed E-state index contributed by atoms with van der Waals surface area (Å²) in [6, 6.07) is 4.79. The third kappa shape index (κ3) is 4.11. The molecular weight excluding hydrogens is 320 g/mol. The molecule has 1 saturated carbocycles. The largest absolute Gasteiger partial charge is 0.493 e. The van der Waals surface area contributed by atoms with Crippen molar-refractivity contribution >= 4 is 15.9 Å². The summed E-state index contributed by atoms with van der Waals surface area (Å²) in [4.78, 5) is 2.43. The van der Waals surface area contributed by atoms with Crippen LogP contribution in [0.2, 0.25) is 0 Å². The summed E-state index contributed by atoms with van der Waals surface area (Å²) in [6.07, 6.45) is 2.72. The van der Waals surface area contributed by atoms with Gasteiger partial charge in [-0.05, 0) is 37.6 Å². The molecule has 1 aliphatic carbocycles. The molecule has 5 heteroatoms. The molecule has 1 aromatic rings. The van der Waals surface area contributed by atoms with Gasteiger partial charge >= 0.3 is 0 Å². The molecule has 0 saturated heterocycles. The van der Waals surface area contributed by atoms with Crippen LogP contribution in [0.4, 0.5) is 0 Å². The Labute approximate surface area is 129 Å². The molecule has 0 unspecified atom stereocenters. The van der Waals surface area contributed by atoms with Gasteiger partial charge in [0.2, 0.25) is 0 Å². The fourth-order valence-electron chi connectivity index (χ4n) is 2.21. The molecule has 0 heterocycles. The Morgan fingerprint density at radius 3 is 2.50 bits per heavy atom. The van der Waals surface area contributed by atoms with E-state index in [0.717, 1.165) is 41.6 Å². The van der Waals surface area contributed by atoms with Crippen molar-refractivity contribution in [1.29, 1.82) is 0 Å². The fraction of sp³-hybridized carbons (Fsp3) is 0.600. The first-order chi connectivity index (χ1) is 9.65. The smallest absolute Gasteiger partial charge is 0.161 e. The minimum Gasteiger partial charge on any atom is -0.493 e. The molecule has 0 bridgehead atoms. The molecule has 0 spiro atoms. The van der Waals surface area contributed by atoms with Crippen molar-refractivity contribution in [2.75, 3.05) is 34.4 Å². The summed E-state index contributed by atoms with van der Waals surface area (Å²) in [5, 5.41) is 3.48. The Kier molecular flexibility index (Phi) is 5.69. The maximum Gasteiger partial charge on any atom is 0.161 e. The second-order valence-electron chi connectivity index (χ2n) is 5.19. The third-order valence-corrected chi connectivity index (χ3v) is 4.42.